The van der Waals surface area contributed by atoms with Crippen molar-refractivity contribution in [2.75, 3.05) is 20.7 Å². The third kappa shape index (κ3) is 2.82. The van der Waals surface area contributed by atoms with Crippen LogP contribution in [0.5, 0.6) is 5.75 Å². The molecule has 0 heterocycles. The standard InChI is InChI=1S/C14H19NO3/c1-15(9-10-7-12(16)8-10)14(17)11-3-5-13(18-2)6-4-11/h3-6,10,12,16H,7-9H2,1-2H3. The zero-order chi connectivity index (χ0) is 13.1. The van der Waals surface area contributed by atoms with E-state index in [0.29, 0.717) is 18.0 Å². The molecule has 1 aromatic carbocycles. The number of methoxy groups -OCH3 is 1. The van der Waals surface area contributed by atoms with Gasteiger partial charge < -0.3 is 14.7 Å². The van der Waals surface area contributed by atoms with E-state index < -0.39 is 0 Å². The van der Waals surface area contributed by atoms with Crippen molar-refractivity contribution in [2.45, 2.75) is 18.9 Å². The minimum atomic E-state index is -0.167. The van der Waals surface area contributed by atoms with Crippen molar-refractivity contribution in [1.82, 2.24) is 4.90 Å². The van der Waals surface area contributed by atoms with Crippen molar-refractivity contribution in [3.63, 3.8) is 0 Å². The Morgan fingerprint density at radius 2 is 2.00 bits per heavy atom. The molecule has 4 nitrogen and oxygen atoms in total. The van der Waals surface area contributed by atoms with Gasteiger partial charge in [-0.25, -0.2) is 0 Å². The number of hydrogen-bond acceptors (Lipinski definition) is 3. The van der Waals surface area contributed by atoms with Gasteiger partial charge in [0, 0.05) is 19.2 Å². The summed E-state index contributed by atoms with van der Waals surface area (Å²) in [6, 6.07) is 7.11. The fraction of sp³-hybridized carbons (Fsp3) is 0.500. The van der Waals surface area contributed by atoms with Crippen molar-refractivity contribution >= 4 is 5.91 Å². The second-order valence-electron chi connectivity index (χ2n) is 4.91. The van der Waals surface area contributed by atoms with Crippen LogP contribution in [0.15, 0.2) is 24.3 Å². The molecule has 2 rings (SSSR count). The van der Waals surface area contributed by atoms with Gasteiger partial charge in [0.15, 0.2) is 0 Å². The molecule has 1 aromatic rings. The second-order valence-corrected chi connectivity index (χ2v) is 4.91. The van der Waals surface area contributed by atoms with Crippen LogP contribution in [0, 0.1) is 5.92 Å². The lowest BCUT2D eigenvalue weighted by atomic mass is 9.82. The van der Waals surface area contributed by atoms with E-state index in [1.807, 2.05) is 0 Å². The highest BCUT2D eigenvalue weighted by Gasteiger charge is 2.29. The molecule has 1 fully saturated rings. The Labute approximate surface area is 107 Å². The molecule has 0 atom stereocenters. The number of carbonyl (C=O) groups is 1. The van der Waals surface area contributed by atoms with E-state index in [-0.39, 0.29) is 12.0 Å². The van der Waals surface area contributed by atoms with Crippen molar-refractivity contribution in [2.24, 2.45) is 5.92 Å². The zero-order valence-electron chi connectivity index (χ0n) is 10.8. The SMILES string of the molecule is COc1ccc(C(=O)N(C)CC2CC(O)C2)cc1. The lowest BCUT2D eigenvalue weighted by Crippen LogP contribution is -2.39. The average molecular weight is 249 g/mol. The fourth-order valence-electron chi connectivity index (χ4n) is 2.27. The second kappa shape index (κ2) is 5.40. The van der Waals surface area contributed by atoms with Gasteiger partial charge in [0.1, 0.15) is 5.75 Å². The predicted octanol–water partition coefficient (Wildman–Crippen LogP) is 1.54. The van der Waals surface area contributed by atoms with Crippen LogP contribution in [0.2, 0.25) is 0 Å². The first-order valence-electron chi connectivity index (χ1n) is 6.17. The number of amides is 1. The van der Waals surface area contributed by atoms with Gasteiger partial charge in [0.05, 0.1) is 13.2 Å². The Hall–Kier alpha value is -1.55. The van der Waals surface area contributed by atoms with E-state index in [2.05, 4.69) is 0 Å². The first-order valence-corrected chi connectivity index (χ1v) is 6.17. The summed E-state index contributed by atoms with van der Waals surface area (Å²) < 4.78 is 5.06. The van der Waals surface area contributed by atoms with Crippen LogP contribution in [-0.2, 0) is 0 Å². The number of aliphatic hydroxyl groups excluding tert-OH is 1. The van der Waals surface area contributed by atoms with Crippen LogP contribution in [0.25, 0.3) is 0 Å². The van der Waals surface area contributed by atoms with Gasteiger partial charge in [0.2, 0.25) is 0 Å². The highest BCUT2D eigenvalue weighted by molar-refractivity contribution is 5.94. The van der Waals surface area contributed by atoms with E-state index in [1.54, 1.807) is 43.3 Å². The lowest BCUT2D eigenvalue weighted by molar-refractivity contribution is 0.0265. The Bertz CT molecular complexity index is 410. The molecule has 0 aliphatic heterocycles. The summed E-state index contributed by atoms with van der Waals surface area (Å²) in [5, 5.41) is 9.23. The Kier molecular flexibility index (Phi) is 3.87. The van der Waals surface area contributed by atoms with E-state index in [1.165, 1.54) is 0 Å². The molecule has 1 amide bonds. The van der Waals surface area contributed by atoms with E-state index in [0.717, 1.165) is 18.6 Å². The Morgan fingerprint density at radius 1 is 1.39 bits per heavy atom. The normalized spacial score (nSPS) is 22.2. The van der Waals surface area contributed by atoms with Crippen LogP contribution in [0.4, 0.5) is 0 Å². The van der Waals surface area contributed by atoms with Gasteiger partial charge >= 0.3 is 0 Å². The Morgan fingerprint density at radius 3 is 2.50 bits per heavy atom. The minimum absolute atomic E-state index is 0.0130. The number of hydrogen-bond donors (Lipinski definition) is 1. The predicted molar refractivity (Wildman–Crippen MR) is 68.7 cm³/mol. The molecule has 0 bridgehead atoms. The summed E-state index contributed by atoms with van der Waals surface area (Å²) in [6.45, 7) is 0.710. The van der Waals surface area contributed by atoms with E-state index >= 15 is 0 Å². The van der Waals surface area contributed by atoms with Gasteiger partial charge in [-0.3, -0.25) is 4.79 Å². The quantitative estimate of drug-likeness (QED) is 0.880. The maximum atomic E-state index is 12.1. The summed E-state index contributed by atoms with van der Waals surface area (Å²) in [6.07, 6.45) is 1.44. The molecule has 4 heteroatoms. The average Bonchev–Trinajstić information content (AvgIpc) is 2.36. The van der Waals surface area contributed by atoms with Crippen molar-refractivity contribution in [1.29, 1.82) is 0 Å². The monoisotopic (exact) mass is 249 g/mol. The molecule has 0 spiro atoms. The van der Waals surface area contributed by atoms with Crippen LogP contribution < -0.4 is 4.74 Å². The van der Waals surface area contributed by atoms with Crippen LogP contribution >= 0.6 is 0 Å². The summed E-state index contributed by atoms with van der Waals surface area (Å²) in [5.41, 5.74) is 0.665. The number of ether oxygens (including phenoxy) is 1. The summed E-state index contributed by atoms with van der Waals surface area (Å²) in [5.74, 6) is 1.20. The van der Waals surface area contributed by atoms with E-state index in [4.69, 9.17) is 4.74 Å². The van der Waals surface area contributed by atoms with Gasteiger partial charge in [-0.2, -0.15) is 0 Å². The molecule has 1 aliphatic carbocycles. The maximum absolute atomic E-state index is 12.1. The van der Waals surface area contributed by atoms with Crippen molar-refractivity contribution < 1.29 is 14.6 Å². The molecule has 1 saturated carbocycles. The molecule has 0 saturated heterocycles. The number of aliphatic hydroxyl groups is 1. The van der Waals surface area contributed by atoms with Crippen LogP contribution in [0.3, 0.4) is 0 Å². The van der Waals surface area contributed by atoms with Crippen molar-refractivity contribution in [3.05, 3.63) is 29.8 Å². The molecule has 0 aromatic heterocycles. The van der Waals surface area contributed by atoms with Gasteiger partial charge in [-0.1, -0.05) is 0 Å². The highest BCUT2D eigenvalue weighted by atomic mass is 16.5. The van der Waals surface area contributed by atoms with Gasteiger partial charge in [-0.15, -0.1) is 0 Å². The maximum Gasteiger partial charge on any atom is 0.253 e. The smallest absolute Gasteiger partial charge is 0.253 e. The summed E-state index contributed by atoms with van der Waals surface area (Å²) in [7, 11) is 3.40. The van der Waals surface area contributed by atoms with Crippen LogP contribution in [0.1, 0.15) is 23.2 Å². The van der Waals surface area contributed by atoms with Gasteiger partial charge in [-0.05, 0) is 43.0 Å². The molecular formula is C14H19NO3. The molecular weight excluding hydrogens is 230 g/mol. The van der Waals surface area contributed by atoms with Crippen molar-refractivity contribution in [3.8, 4) is 5.75 Å². The molecule has 0 radical (unpaired) electrons. The topological polar surface area (TPSA) is 49.8 Å². The number of nitrogens with zero attached hydrogens (tertiary/aromatic N) is 1. The molecule has 1 aliphatic rings. The molecule has 98 valence electrons. The molecule has 0 unspecified atom stereocenters. The lowest BCUT2D eigenvalue weighted by Gasteiger charge is -2.34. The molecule has 18 heavy (non-hydrogen) atoms. The largest absolute Gasteiger partial charge is 0.497 e. The fourth-order valence-corrected chi connectivity index (χ4v) is 2.27. The highest BCUT2D eigenvalue weighted by Crippen LogP contribution is 2.28. The third-order valence-electron chi connectivity index (χ3n) is 3.43. The first kappa shape index (κ1) is 12.9. The van der Waals surface area contributed by atoms with Crippen LogP contribution in [-0.4, -0.2) is 42.7 Å². The third-order valence-corrected chi connectivity index (χ3v) is 3.43. The number of carbonyl (C=O) groups excluding carboxylic acids is 1. The first-order chi connectivity index (χ1) is 8.60. The summed E-state index contributed by atoms with van der Waals surface area (Å²) in [4.78, 5) is 13.8. The van der Waals surface area contributed by atoms with Gasteiger partial charge in [0.25, 0.3) is 5.91 Å². The zero-order valence-corrected chi connectivity index (χ0v) is 10.8. The molecule has 1 N–H and O–H groups in total. The summed E-state index contributed by atoms with van der Waals surface area (Å²) >= 11 is 0. The van der Waals surface area contributed by atoms with E-state index in [9.17, 15) is 9.90 Å². The Balaban J connectivity index is 1.92. The minimum Gasteiger partial charge on any atom is -0.497 e. The number of benzene rings is 1. The number of rotatable bonds is 4.